The van der Waals surface area contributed by atoms with Crippen LogP contribution in [0.3, 0.4) is 0 Å². The first-order chi connectivity index (χ1) is 11.6. The molecule has 2 heterocycles. The van der Waals surface area contributed by atoms with Crippen molar-refractivity contribution in [3.8, 4) is 0 Å². The summed E-state index contributed by atoms with van der Waals surface area (Å²) in [6.45, 7) is 0.303. The van der Waals surface area contributed by atoms with Crippen LogP contribution in [0, 0.1) is 0 Å². The third kappa shape index (κ3) is 3.74. The summed E-state index contributed by atoms with van der Waals surface area (Å²) in [5.41, 5.74) is 1.09. The number of benzene rings is 1. The normalized spacial score (nSPS) is 13.0. The van der Waals surface area contributed by atoms with Gasteiger partial charge < -0.3 is 4.42 Å². The van der Waals surface area contributed by atoms with Gasteiger partial charge in [0.05, 0.1) is 12.5 Å². The lowest BCUT2D eigenvalue weighted by atomic mass is 9.93. The molecule has 6 nitrogen and oxygen atoms in total. The Kier molecular flexibility index (Phi) is 4.82. The summed E-state index contributed by atoms with van der Waals surface area (Å²) >= 11 is 0. The molecule has 1 N–H and O–H groups in total. The Hall–Kier alpha value is -2.38. The van der Waals surface area contributed by atoms with Crippen LogP contribution in [0.2, 0.25) is 0 Å². The molecule has 3 rings (SSSR count). The molecule has 126 valence electrons. The predicted octanol–water partition coefficient (Wildman–Crippen LogP) is 2.51. The summed E-state index contributed by atoms with van der Waals surface area (Å²) in [5.74, 6) is 0.819. The molecule has 0 fully saturated rings. The van der Waals surface area contributed by atoms with E-state index in [-0.39, 0.29) is 10.8 Å². The highest BCUT2D eigenvalue weighted by molar-refractivity contribution is 7.89. The highest BCUT2D eigenvalue weighted by atomic mass is 32.2. The van der Waals surface area contributed by atoms with Crippen molar-refractivity contribution in [1.29, 1.82) is 0 Å². The van der Waals surface area contributed by atoms with Crippen molar-refractivity contribution < 1.29 is 12.8 Å². The van der Waals surface area contributed by atoms with Crippen LogP contribution in [0.15, 0.2) is 70.4 Å². The Labute approximate surface area is 141 Å². The van der Waals surface area contributed by atoms with Gasteiger partial charge in [0.1, 0.15) is 10.7 Å². The van der Waals surface area contributed by atoms with E-state index in [1.54, 1.807) is 13.3 Å². The molecule has 2 aromatic heterocycles. The van der Waals surface area contributed by atoms with Crippen LogP contribution in [0.4, 0.5) is 0 Å². The van der Waals surface area contributed by atoms with Gasteiger partial charge in [-0.3, -0.25) is 4.68 Å². The summed E-state index contributed by atoms with van der Waals surface area (Å²) < 4.78 is 34.1. The first kappa shape index (κ1) is 16.5. The number of nitrogens with zero attached hydrogens (tertiary/aromatic N) is 2. The Balaban J connectivity index is 1.71. The number of furan rings is 1. The van der Waals surface area contributed by atoms with E-state index in [1.165, 1.54) is 17.1 Å². The second-order valence-corrected chi connectivity index (χ2v) is 7.28. The lowest BCUT2D eigenvalue weighted by molar-refractivity contribution is 0.472. The summed E-state index contributed by atoms with van der Waals surface area (Å²) in [4.78, 5) is 0.166. The lowest BCUT2D eigenvalue weighted by Crippen LogP contribution is -2.25. The van der Waals surface area contributed by atoms with E-state index in [0.717, 1.165) is 11.3 Å². The van der Waals surface area contributed by atoms with E-state index in [0.29, 0.717) is 13.0 Å². The van der Waals surface area contributed by atoms with Crippen molar-refractivity contribution in [2.75, 3.05) is 6.54 Å². The van der Waals surface area contributed by atoms with Gasteiger partial charge in [0.15, 0.2) is 0 Å². The fraction of sp³-hybridized carbons (Fsp3) is 0.235. The topological polar surface area (TPSA) is 77.1 Å². The quantitative estimate of drug-likeness (QED) is 0.714. The Bertz CT molecular complexity index is 871. The van der Waals surface area contributed by atoms with Gasteiger partial charge in [0, 0.05) is 25.7 Å². The van der Waals surface area contributed by atoms with Gasteiger partial charge in [0.25, 0.3) is 0 Å². The number of rotatable bonds is 7. The smallest absolute Gasteiger partial charge is 0.243 e. The van der Waals surface area contributed by atoms with Crippen molar-refractivity contribution in [1.82, 2.24) is 14.5 Å². The van der Waals surface area contributed by atoms with Gasteiger partial charge in [-0.2, -0.15) is 5.10 Å². The fourth-order valence-electron chi connectivity index (χ4n) is 2.61. The number of aromatic nitrogens is 2. The van der Waals surface area contributed by atoms with Crippen molar-refractivity contribution in [2.45, 2.75) is 17.2 Å². The highest BCUT2D eigenvalue weighted by Gasteiger charge is 2.20. The van der Waals surface area contributed by atoms with Crippen LogP contribution in [-0.4, -0.2) is 24.7 Å². The van der Waals surface area contributed by atoms with Crippen molar-refractivity contribution in [3.05, 3.63) is 72.4 Å². The maximum Gasteiger partial charge on any atom is 0.243 e. The molecule has 0 aliphatic heterocycles. The van der Waals surface area contributed by atoms with Crippen LogP contribution in [0.1, 0.15) is 23.7 Å². The average Bonchev–Trinajstić information content (AvgIpc) is 3.24. The zero-order chi connectivity index (χ0) is 17.0. The van der Waals surface area contributed by atoms with E-state index < -0.39 is 10.0 Å². The summed E-state index contributed by atoms with van der Waals surface area (Å²) in [6.07, 6.45) is 5.04. The molecule has 7 heteroatoms. The molecule has 0 spiro atoms. The lowest BCUT2D eigenvalue weighted by Gasteiger charge is -2.15. The SMILES string of the molecule is Cn1cc(S(=O)(=O)NCC[C@H](c2ccccc2)c2ccco2)cn1. The second kappa shape index (κ2) is 7.02. The molecule has 1 aromatic carbocycles. The predicted molar refractivity (Wildman–Crippen MR) is 90.0 cm³/mol. The van der Waals surface area contributed by atoms with Gasteiger partial charge in [-0.15, -0.1) is 0 Å². The van der Waals surface area contributed by atoms with E-state index in [9.17, 15) is 8.42 Å². The fourth-order valence-corrected chi connectivity index (χ4v) is 3.64. The molecule has 0 aliphatic rings. The van der Waals surface area contributed by atoms with Gasteiger partial charge in [-0.05, 0) is 24.1 Å². The van der Waals surface area contributed by atoms with Crippen molar-refractivity contribution >= 4 is 10.0 Å². The molecule has 1 atom stereocenters. The molecular formula is C17H19N3O3S. The van der Waals surface area contributed by atoms with Crippen LogP contribution < -0.4 is 4.72 Å². The monoisotopic (exact) mass is 345 g/mol. The molecule has 0 aliphatic carbocycles. The molecule has 0 saturated carbocycles. The van der Waals surface area contributed by atoms with Gasteiger partial charge in [-0.1, -0.05) is 30.3 Å². The molecule has 0 unspecified atom stereocenters. The third-order valence-corrected chi connectivity index (χ3v) is 5.22. The summed E-state index contributed by atoms with van der Waals surface area (Å²) in [6, 6.07) is 13.7. The Morgan fingerprint density at radius 1 is 1.21 bits per heavy atom. The number of nitrogens with one attached hydrogen (secondary N) is 1. The Morgan fingerprint density at radius 3 is 2.62 bits per heavy atom. The molecule has 3 aromatic rings. The van der Waals surface area contributed by atoms with Crippen LogP contribution in [-0.2, 0) is 17.1 Å². The van der Waals surface area contributed by atoms with E-state index in [2.05, 4.69) is 9.82 Å². The van der Waals surface area contributed by atoms with Gasteiger partial charge in [-0.25, -0.2) is 13.1 Å². The van der Waals surface area contributed by atoms with Crippen LogP contribution in [0.5, 0.6) is 0 Å². The van der Waals surface area contributed by atoms with Gasteiger partial charge >= 0.3 is 0 Å². The van der Waals surface area contributed by atoms with Gasteiger partial charge in [0.2, 0.25) is 10.0 Å². The first-order valence-electron chi connectivity index (χ1n) is 7.63. The Morgan fingerprint density at radius 2 is 2.00 bits per heavy atom. The number of sulfonamides is 1. The maximum absolute atomic E-state index is 12.3. The molecule has 0 amide bonds. The van der Waals surface area contributed by atoms with E-state index >= 15 is 0 Å². The molecular weight excluding hydrogens is 326 g/mol. The highest BCUT2D eigenvalue weighted by Crippen LogP contribution is 2.28. The van der Waals surface area contributed by atoms with E-state index in [1.807, 2.05) is 42.5 Å². The molecule has 0 bridgehead atoms. The van der Waals surface area contributed by atoms with Crippen molar-refractivity contribution in [3.63, 3.8) is 0 Å². The minimum absolute atomic E-state index is 0.00204. The summed E-state index contributed by atoms with van der Waals surface area (Å²) in [5, 5.41) is 3.90. The molecule has 0 saturated heterocycles. The maximum atomic E-state index is 12.3. The van der Waals surface area contributed by atoms with E-state index in [4.69, 9.17) is 4.42 Å². The van der Waals surface area contributed by atoms with Crippen LogP contribution >= 0.6 is 0 Å². The minimum atomic E-state index is -3.55. The second-order valence-electron chi connectivity index (χ2n) is 5.51. The largest absolute Gasteiger partial charge is 0.469 e. The average molecular weight is 345 g/mol. The van der Waals surface area contributed by atoms with Crippen LogP contribution in [0.25, 0.3) is 0 Å². The molecule has 24 heavy (non-hydrogen) atoms. The zero-order valence-electron chi connectivity index (χ0n) is 13.3. The molecule has 0 radical (unpaired) electrons. The number of hydrogen-bond donors (Lipinski definition) is 1. The van der Waals surface area contributed by atoms with Crippen molar-refractivity contribution in [2.24, 2.45) is 7.05 Å². The summed E-state index contributed by atoms with van der Waals surface area (Å²) in [7, 11) is -1.87. The number of hydrogen-bond acceptors (Lipinski definition) is 4. The first-order valence-corrected chi connectivity index (χ1v) is 9.11. The standard InChI is InChI=1S/C17H19N3O3S/c1-20-13-15(12-18-20)24(21,22)19-10-9-16(17-8-5-11-23-17)14-6-3-2-4-7-14/h2-8,11-13,16,19H,9-10H2,1H3/t16-/m1/s1. The number of aryl methyl sites for hydroxylation is 1. The zero-order valence-corrected chi connectivity index (χ0v) is 14.1. The minimum Gasteiger partial charge on any atom is -0.469 e. The third-order valence-electron chi connectivity index (χ3n) is 3.81.